The summed E-state index contributed by atoms with van der Waals surface area (Å²) in [5.41, 5.74) is 0. The summed E-state index contributed by atoms with van der Waals surface area (Å²) in [6.07, 6.45) is 3.29. The molecule has 0 amide bonds. The molecule has 13 heavy (non-hydrogen) atoms. The molecule has 1 aliphatic rings. The fraction of sp³-hybridized carbons (Fsp3) is 1.00. The number of hydrogen-bond donors (Lipinski definition) is 0. The lowest BCUT2D eigenvalue weighted by atomic mass is 9.80. The number of hydrogen-bond acceptors (Lipinski definition) is 2. The van der Waals surface area contributed by atoms with Gasteiger partial charge in [-0.15, -0.1) is 0 Å². The third kappa shape index (κ3) is 2.42. The Kier molecular flexibility index (Phi) is 3.33. The Hall–Kier alpha value is -0.120. The zero-order chi connectivity index (χ0) is 10.1. The summed E-state index contributed by atoms with van der Waals surface area (Å²) in [5, 5.41) is 10.7. The molecule has 1 rings (SSSR count). The Balaban J connectivity index is 2.51. The largest absolute Gasteiger partial charge is 0.274 e. The lowest BCUT2D eigenvalue weighted by Crippen LogP contribution is -2.36. The molecule has 0 aromatic carbocycles. The highest BCUT2D eigenvalue weighted by Crippen LogP contribution is 2.41. The van der Waals surface area contributed by atoms with Crippen LogP contribution in [0.3, 0.4) is 0 Å². The van der Waals surface area contributed by atoms with E-state index >= 15 is 0 Å². The first kappa shape index (κ1) is 11.0. The zero-order valence-electron chi connectivity index (χ0n) is 8.12. The molecule has 3 nitrogen and oxygen atoms in total. The van der Waals surface area contributed by atoms with Crippen molar-refractivity contribution < 1.29 is 4.92 Å². The average Bonchev–Trinajstić information content (AvgIpc) is 2.04. The second-order valence-corrected chi connectivity index (χ2v) is 5.73. The van der Waals surface area contributed by atoms with Gasteiger partial charge >= 0.3 is 0 Å². The van der Waals surface area contributed by atoms with Gasteiger partial charge in [0.2, 0.25) is 0 Å². The molecular formula is C9H16BrNO2. The summed E-state index contributed by atoms with van der Waals surface area (Å²) < 4.78 is -0.821. The SMILES string of the molecule is CC(C)C1CCC(Br)([N+](=O)[O-])CC1. The van der Waals surface area contributed by atoms with E-state index in [1.807, 2.05) is 0 Å². The Bertz CT molecular complexity index is 198. The molecule has 4 heteroatoms. The molecule has 0 aromatic heterocycles. The van der Waals surface area contributed by atoms with E-state index in [0.717, 1.165) is 12.8 Å². The first-order chi connectivity index (χ1) is 5.96. The van der Waals surface area contributed by atoms with Crippen LogP contribution in [0.15, 0.2) is 0 Å². The van der Waals surface area contributed by atoms with Gasteiger partial charge in [-0.3, -0.25) is 10.1 Å². The molecule has 0 radical (unpaired) electrons. The summed E-state index contributed by atoms with van der Waals surface area (Å²) in [7, 11) is 0. The minimum absolute atomic E-state index is 0.177. The van der Waals surface area contributed by atoms with E-state index < -0.39 is 4.45 Å². The Morgan fingerprint density at radius 2 is 1.92 bits per heavy atom. The zero-order valence-corrected chi connectivity index (χ0v) is 9.71. The highest BCUT2D eigenvalue weighted by molar-refractivity contribution is 9.10. The fourth-order valence-corrected chi connectivity index (χ4v) is 2.39. The highest BCUT2D eigenvalue weighted by atomic mass is 79.9. The number of nitrogens with zero attached hydrogens (tertiary/aromatic N) is 1. The molecule has 0 bridgehead atoms. The van der Waals surface area contributed by atoms with E-state index in [2.05, 4.69) is 29.8 Å². The first-order valence-electron chi connectivity index (χ1n) is 4.79. The van der Waals surface area contributed by atoms with Crippen LogP contribution in [0, 0.1) is 22.0 Å². The molecule has 0 N–H and O–H groups in total. The number of alkyl halides is 1. The average molecular weight is 250 g/mol. The second-order valence-electron chi connectivity index (χ2n) is 4.26. The van der Waals surface area contributed by atoms with Crippen molar-refractivity contribution in [1.82, 2.24) is 0 Å². The Morgan fingerprint density at radius 1 is 1.46 bits per heavy atom. The van der Waals surface area contributed by atoms with Crippen LogP contribution in [0.25, 0.3) is 0 Å². The number of nitro groups is 1. The van der Waals surface area contributed by atoms with Gasteiger partial charge in [0.1, 0.15) is 0 Å². The van der Waals surface area contributed by atoms with E-state index in [9.17, 15) is 10.1 Å². The van der Waals surface area contributed by atoms with Crippen LogP contribution in [-0.2, 0) is 0 Å². The first-order valence-corrected chi connectivity index (χ1v) is 5.58. The minimum atomic E-state index is -0.821. The van der Waals surface area contributed by atoms with Crippen molar-refractivity contribution in [3.8, 4) is 0 Å². The lowest BCUT2D eigenvalue weighted by molar-refractivity contribution is -0.540. The van der Waals surface area contributed by atoms with Crippen LogP contribution in [0.1, 0.15) is 39.5 Å². The van der Waals surface area contributed by atoms with Crippen LogP contribution in [0.2, 0.25) is 0 Å². The molecule has 0 aliphatic heterocycles. The summed E-state index contributed by atoms with van der Waals surface area (Å²) >= 11 is 3.24. The van der Waals surface area contributed by atoms with Gasteiger partial charge in [-0.25, -0.2) is 0 Å². The van der Waals surface area contributed by atoms with Crippen molar-refractivity contribution in [1.29, 1.82) is 0 Å². The molecule has 0 unspecified atom stereocenters. The van der Waals surface area contributed by atoms with E-state index in [0.29, 0.717) is 24.7 Å². The summed E-state index contributed by atoms with van der Waals surface area (Å²) in [4.78, 5) is 10.5. The lowest BCUT2D eigenvalue weighted by Gasteiger charge is -2.31. The van der Waals surface area contributed by atoms with Crippen LogP contribution in [0.4, 0.5) is 0 Å². The third-order valence-corrected chi connectivity index (χ3v) is 4.15. The summed E-state index contributed by atoms with van der Waals surface area (Å²) in [6.45, 7) is 4.39. The molecule has 0 aromatic rings. The topological polar surface area (TPSA) is 43.1 Å². The second kappa shape index (κ2) is 3.95. The Morgan fingerprint density at radius 3 is 2.23 bits per heavy atom. The molecule has 1 fully saturated rings. The highest BCUT2D eigenvalue weighted by Gasteiger charge is 2.43. The van der Waals surface area contributed by atoms with Gasteiger partial charge in [0.25, 0.3) is 4.45 Å². The predicted molar refractivity (Wildman–Crippen MR) is 55.4 cm³/mol. The van der Waals surface area contributed by atoms with Crippen LogP contribution < -0.4 is 0 Å². The molecule has 76 valence electrons. The standard InChI is InChI=1S/C9H16BrNO2/c1-7(2)8-3-5-9(10,6-4-8)11(12)13/h7-8H,3-6H2,1-2H3. The predicted octanol–water partition coefficient (Wildman–Crippen LogP) is 3.20. The normalized spacial score (nSPS) is 34.9. The van der Waals surface area contributed by atoms with Crippen molar-refractivity contribution in [2.75, 3.05) is 0 Å². The summed E-state index contributed by atoms with van der Waals surface area (Å²) in [5.74, 6) is 1.33. The maximum Gasteiger partial charge on any atom is 0.274 e. The number of rotatable bonds is 2. The van der Waals surface area contributed by atoms with Crippen LogP contribution >= 0.6 is 15.9 Å². The van der Waals surface area contributed by atoms with Gasteiger partial charge in [-0.1, -0.05) is 13.8 Å². The smallest absolute Gasteiger partial charge is 0.263 e. The Labute approximate surface area is 87.2 Å². The van der Waals surface area contributed by atoms with Crippen molar-refractivity contribution in [3.63, 3.8) is 0 Å². The molecule has 0 saturated heterocycles. The van der Waals surface area contributed by atoms with Crippen molar-refractivity contribution in [3.05, 3.63) is 10.1 Å². The van der Waals surface area contributed by atoms with E-state index in [4.69, 9.17) is 0 Å². The van der Waals surface area contributed by atoms with Crippen LogP contribution in [-0.4, -0.2) is 9.37 Å². The van der Waals surface area contributed by atoms with Gasteiger partial charge < -0.3 is 0 Å². The third-order valence-electron chi connectivity index (χ3n) is 3.07. The van der Waals surface area contributed by atoms with Gasteiger partial charge in [0, 0.05) is 33.7 Å². The van der Waals surface area contributed by atoms with Gasteiger partial charge in [-0.2, -0.15) is 0 Å². The molecule has 0 spiro atoms. The van der Waals surface area contributed by atoms with Gasteiger partial charge in [-0.05, 0) is 24.7 Å². The van der Waals surface area contributed by atoms with Crippen molar-refractivity contribution in [2.45, 2.75) is 44.0 Å². The van der Waals surface area contributed by atoms with Gasteiger partial charge in [0.15, 0.2) is 0 Å². The maximum atomic E-state index is 10.7. The van der Waals surface area contributed by atoms with Crippen molar-refractivity contribution >= 4 is 15.9 Å². The molecular weight excluding hydrogens is 234 g/mol. The minimum Gasteiger partial charge on any atom is -0.263 e. The quantitative estimate of drug-likeness (QED) is 0.327. The van der Waals surface area contributed by atoms with E-state index in [1.54, 1.807) is 0 Å². The van der Waals surface area contributed by atoms with E-state index in [-0.39, 0.29) is 4.92 Å². The molecule has 1 aliphatic carbocycles. The molecule has 0 heterocycles. The fourth-order valence-electron chi connectivity index (χ4n) is 1.93. The van der Waals surface area contributed by atoms with Gasteiger partial charge in [0.05, 0.1) is 0 Å². The number of halogens is 1. The van der Waals surface area contributed by atoms with E-state index in [1.165, 1.54) is 0 Å². The molecule has 1 saturated carbocycles. The van der Waals surface area contributed by atoms with Crippen LogP contribution in [0.5, 0.6) is 0 Å². The molecule has 0 atom stereocenters. The van der Waals surface area contributed by atoms with Crippen molar-refractivity contribution in [2.24, 2.45) is 11.8 Å². The summed E-state index contributed by atoms with van der Waals surface area (Å²) in [6, 6.07) is 0. The maximum absolute atomic E-state index is 10.7. The monoisotopic (exact) mass is 249 g/mol.